The first-order valence-electron chi connectivity index (χ1n) is 6.70. The van der Waals surface area contributed by atoms with E-state index < -0.39 is 11.6 Å². The molecule has 1 aromatic heterocycles. The third kappa shape index (κ3) is 3.37. The lowest BCUT2D eigenvalue weighted by molar-refractivity contribution is 0.504. The van der Waals surface area contributed by atoms with Crippen LogP contribution in [-0.4, -0.2) is 16.5 Å². The van der Waals surface area contributed by atoms with Crippen LogP contribution in [0.25, 0.3) is 11.4 Å². The van der Waals surface area contributed by atoms with Gasteiger partial charge in [0, 0.05) is 23.9 Å². The lowest BCUT2D eigenvalue weighted by Gasteiger charge is -2.12. The Hall–Kier alpha value is -1.56. The molecule has 2 rings (SSSR count). The van der Waals surface area contributed by atoms with Crippen molar-refractivity contribution < 1.29 is 8.78 Å². The van der Waals surface area contributed by atoms with Gasteiger partial charge in [-0.15, -0.1) is 0 Å². The van der Waals surface area contributed by atoms with E-state index >= 15 is 0 Å². The Morgan fingerprint density at radius 3 is 2.57 bits per heavy atom. The van der Waals surface area contributed by atoms with Crippen molar-refractivity contribution in [2.45, 2.75) is 26.7 Å². The van der Waals surface area contributed by atoms with Gasteiger partial charge in [-0.1, -0.05) is 13.8 Å². The second kappa shape index (κ2) is 6.47. The third-order valence-corrected chi connectivity index (χ3v) is 3.75. The summed E-state index contributed by atoms with van der Waals surface area (Å²) in [6.45, 7) is 6.71. The summed E-state index contributed by atoms with van der Waals surface area (Å²) in [7, 11) is 0. The molecule has 0 fully saturated rings. The highest BCUT2D eigenvalue weighted by Crippen LogP contribution is 2.31. The number of halogens is 3. The van der Waals surface area contributed by atoms with Crippen molar-refractivity contribution in [1.82, 2.24) is 9.97 Å². The zero-order valence-corrected chi connectivity index (χ0v) is 13.6. The standard InChI is InChI=1S/C15H16BrF2N3/c1-4-19-12-7-11(8(2)3)20-15(21-12)9-5-6-10(17)14(18)13(9)16/h5-8H,4H2,1-3H3,(H,19,20,21). The highest BCUT2D eigenvalue weighted by molar-refractivity contribution is 9.10. The van der Waals surface area contributed by atoms with Gasteiger partial charge in [0.1, 0.15) is 5.82 Å². The molecular weight excluding hydrogens is 340 g/mol. The zero-order valence-electron chi connectivity index (χ0n) is 12.0. The first kappa shape index (κ1) is 15.8. The van der Waals surface area contributed by atoms with Gasteiger partial charge in [0.2, 0.25) is 0 Å². The van der Waals surface area contributed by atoms with Gasteiger partial charge in [-0.25, -0.2) is 18.7 Å². The fraction of sp³-hybridized carbons (Fsp3) is 0.333. The predicted molar refractivity (Wildman–Crippen MR) is 83.3 cm³/mol. The normalized spacial score (nSPS) is 11.0. The molecule has 0 aliphatic rings. The maximum Gasteiger partial charge on any atom is 0.173 e. The number of aromatic nitrogens is 2. The molecule has 112 valence electrons. The number of hydrogen-bond acceptors (Lipinski definition) is 3. The molecule has 3 nitrogen and oxygen atoms in total. The van der Waals surface area contributed by atoms with E-state index in [1.807, 2.05) is 26.8 Å². The molecule has 0 aliphatic heterocycles. The molecule has 0 saturated heterocycles. The van der Waals surface area contributed by atoms with E-state index in [0.717, 1.165) is 11.8 Å². The maximum atomic E-state index is 13.7. The van der Waals surface area contributed by atoms with E-state index in [2.05, 4.69) is 31.2 Å². The Labute approximate surface area is 131 Å². The fourth-order valence-corrected chi connectivity index (χ4v) is 2.35. The summed E-state index contributed by atoms with van der Waals surface area (Å²) >= 11 is 3.08. The smallest absolute Gasteiger partial charge is 0.173 e. The minimum Gasteiger partial charge on any atom is -0.370 e. The number of nitrogens with zero attached hydrogens (tertiary/aromatic N) is 2. The largest absolute Gasteiger partial charge is 0.370 e. The second-order valence-corrected chi connectivity index (χ2v) is 5.70. The molecule has 21 heavy (non-hydrogen) atoms. The third-order valence-electron chi connectivity index (χ3n) is 2.97. The number of nitrogens with one attached hydrogen (secondary N) is 1. The molecule has 2 aromatic rings. The molecule has 0 aliphatic carbocycles. The molecule has 1 heterocycles. The van der Waals surface area contributed by atoms with Crippen LogP contribution in [0.15, 0.2) is 22.7 Å². The Bertz CT molecular complexity index is 660. The fourth-order valence-electron chi connectivity index (χ4n) is 1.85. The van der Waals surface area contributed by atoms with Gasteiger partial charge in [-0.3, -0.25) is 0 Å². The van der Waals surface area contributed by atoms with Crippen LogP contribution in [-0.2, 0) is 0 Å². The van der Waals surface area contributed by atoms with Gasteiger partial charge >= 0.3 is 0 Å². The van der Waals surface area contributed by atoms with Crippen molar-refractivity contribution in [2.24, 2.45) is 0 Å². The molecule has 1 aromatic carbocycles. The van der Waals surface area contributed by atoms with Crippen molar-refractivity contribution in [1.29, 1.82) is 0 Å². The summed E-state index contributed by atoms with van der Waals surface area (Å²) in [4.78, 5) is 8.81. The average molecular weight is 356 g/mol. The van der Waals surface area contributed by atoms with Crippen molar-refractivity contribution in [3.8, 4) is 11.4 Å². The Morgan fingerprint density at radius 2 is 1.95 bits per heavy atom. The maximum absolute atomic E-state index is 13.7. The van der Waals surface area contributed by atoms with Crippen molar-refractivity contribution >= 4 is 21.7 Å². The van der Waals surface area contributed by atoms with Crippen LogP contribution < -0.4 is 5.32 Å². The minimum atomic E-state index is -0.934. The summed E-state index contributed by atoms with van der Waals surface area (Å²) < 4.78 is 26.9. The van der Waals surface area contributed by atoms with Crippen LogP contribution in [0, 0.1) is 11.6 Å². The molecule has 6 heteroatoms. The van der Waals surface area contributed by atoms with E-state index in [4.69, 9.17) is 0 Å². The quantitative estimate of drug-likeness (QED) is 0.805. The average Bonchev–Trinajstić information content (AvgIpc) is 2.45. The van der Waals surface area contributed by atoms with Crippen molar-refractivity contribution in [3.05, 3.63) is 40.0 Å². The number of benzene rings is 1. The van der Waals surface area contributed by atoms with Gasteiger partial charge in [-0.05, 0) is 40.9 Å². The van der Waals surface area contributed by atoms with Gasteiger partial charge in [0.05, 0.1) is 4.47 Å². The monoisotopic (exact) mass is 355 g/mol. The summed E-state index contributed by atoms with van der Waals surface area (Å²) in [5, 5.41) is 3.12. The van der Waals surface area contributed by atoms with Gasteiger partial charge in [0.15, 0.2) is 17.5 Å². The topological polar surface area (TPSA) is 37.8 Å². The van der Waals surface area contributed by atoms with Crippen LogP contribution >= 0.6 is 15.9 Å². The Balaban J connectivity index is 2.60. The molecule has 0 radical (unpaired) electrons. The van der Waals surface area contributed by atoms with E-state index in [9.17, 15) is 8.78 Å². The van der Waals surface area contributed by atoms with E-state index in [1.54, 1.807) is 0 Å². The molecule has 0 amide bonds. The van der Waals surface area contributed by atoms with Crippen LogP contribution in [0.4, 0.5) is 14.6 Å². The highest BCUT2D eigenvalue weighted by Gasteiger charge is 2.16. The zero-order chi connectivity index (χ0) is 15.6. The highest BCUT2D eigenvalue weighted by atomic mass is 79.9. The number of anilines is 1. The molecule has 0 spiro atoms. The van der Waals surface area contributed by atoms with E-state index in [1.165, 1.54) is 6.07 Å². The van der Waals surface area contributed by atoms with Gasteiger partial charge < -0.3 is 5.32 Å². The number of hydrogen-bond donors (Lipinski definition) is 1. The molecule has 0 bridgehead atoms. The van der Waals surface area contributed by atoms with Crippen LogP contribution in [0.1, 0.15) is 32.4 Å². The summed E-state index contributed by atoms with van der Waals surface area (Å²) in [6.07, 6.45) is 0. The second-order valence-electron chi connectivity index (χ2n) is 4.91. The SMILES string of the molecule is CCNc1cc(C(C)C)nc(-c2ccc(F)c(F)c2Br)n1. The summed E-state index contributed by atoms with van der Waals surface area (Å²) in [5.41, 5.74) is 1.27. The molecule has 0 atom stereocenters. The number of rotatable bonds is 4. The van der Waals surface area contributed by atoms with Crippen LogP contribution in [0.2, 0.25) is 0 Å². The summed E-state index contributed by atoms with van der Waals surface area (Å²) in [6, 6.07) is 4.41. The first-order valence-corrected chi connectivity index (χ1v) is 7.50. The molecule has 0 saturated carbocycles. The van der Waals surface area contributed by atoms with Gasteiger partial charge in [0.25, 0.3) is 0 Å². The Kier molecular flexibility index (Phi) is 4.88. The first-order chi connectivity index (χ1) is 9.93. The van der Waals surface area contributed by atoms with Crippen LogP contribution in [0.5, 0.6) is 0 Å². The van der Waals surface area contributed by atoms with Crippen molar-refractivity contribution in [3.63, 3.8) is 0 Å². The summed E-state index contributed by atoms with van der Waals surface area (Å²) in [5.74, 6) is -0.604. The van der Waals surface area contributed by atoms with Crippen molar-refractivity contribution in [2.75, 3.05) is 11.9 Å². The molecular formula is C15H16BrF2N3. The van der Waals surface area contributed by atoms with E-state index in [-0.39, 0.29) is 10.4 Å². The lowest BCUT2D eigenvalue weighted by Crippen LogP contribution is -2.05. The minimum absolute atomic E-state index is 0.0332. The lowest BCUT2D eigenvalue weighted by atomic mass is 10.1. The van der Waals surface area contributed by atoms with Gasteiger partial charge in [-0.2, -0.15) is 0 Å². The Morgan fingerprint density at radius 1 is 1.24 bits per heavy atom. The van der Waals surface area contributed by atoms with E-state index in [0.29, 0.717) is 23.8 Å². The van der Waals surface area contributed by atoms with Crippen LogP contribution in [0.3, 0.4) is 0 Å². The predicted octanol–water partition coefficient (Wildman–Crippen LogP) is 4.74. The molecule has 0 unspecified atom stereocenters. The molecule has 1 N–H and O–H groups in total.